The molecule has 6 aromatic rings. The summed E-state index contributed by atoms with van der Waals surface area (Å²) in [6, 6.07) is 46.9. The summed E-state index contributed by atoms with van der Waals surface area (Å²) in [6.07, 6.45) is -0.407. The third-order valence-electron chi connectivity index (χ3n) is 10.4. The van der Waals surface area contributed by atoms with E-state index >= 15 is 0 Å². The molecule has 0 spiro atoms. The quantitative estimate of drug-likeness (QED) is 0.106. The monoisotopic (exact) mass is 720 g/mol. The van der Waals surface area contributed by atoms with E-state index in [1.807, 2.05) is 120 Å². The van der Waals surface area contributed by atoms with Crippen molar-refractivity contribution in [1.82, 2.24) is 25.5 Å². The summed E-state index contributed by atoms with van der Waals surface area (Å²) in [4.78, 5) is 15.3. The van der Waals surface area contributed by atoms with Gasteiger partial charge in [-0.25, -0.2) is 9.48 Å². The van der Waals surface area contributed by atoms with Crippen molar-refractivity contribution in [3.8, 4) is 22.5 Å². The fraction of sp³-hybridized carbons (Fsp3) is 0.227. The number of rotatable bonds is 11. The summed E-state index contributed by atoms with van der Waals surface area (Å²) >= 11 is 0. The van der Waals surface area contributed by atoms with Crippen molar-refractivity contribution in [2.24, 2.45) is 0 Å². The molecule has 54 heavy (non-hydrogen) atoms. The predicted molar refractivity (Wildman–Crippen MR) is 209 cm³/mol. The number of methoxy groups -OCH3 is 2. The second-order valence-corrected chi connectivity index (χ2v) is 14.1. The van der Waals surface area contributed by atoms with Gasteiger partial charge in [-0.05, 0) is 78.1 Å². The van der Waals surface area contributed by atoms with Crippen molar-refractivity contribution < 1.29 is 19.4 Å². The zero-order valence-electron chi connectivity index (χ0n) is 31.3. The Kier molecular flexibility index (Phi) is 9.66. The van der Waals surface area contributed by atoms with Crippen LogP contribution in [0.3, 0.4) is 0 Å². The molecule has 1 aliphatic rings. The number of nitrogens with zero attached hydrogens (tertiary/aromatic N) is 5. The van der Waals surface area contributed by atoms with Crippen molar-refractivity contribution >= 4 is 11.7 Å². The molecule has 10 heteroatoms. The summed E-state index contributed by atoms with van der Waals surface area (Å²) in [5.74, 6) is 0.00819. The van der Waals surface area contributed by atoms with E-state index in [1.165, 1.54) is 7.11 Å². The number of aromatic nitrogens is 4. The van der Waals surface area contributed by atoms with Crippen molar-refractivity contribution in [2.75, 3.05) is 19.1 Å². The van der Waals surface area contributed by atoms with Crippen LogP contribution in [0.2, 0.25) is 0 Å². The number of nitrogens with one attached hydrogen (secondary N) is 1. The van der Waals surface area contributed by atoms with Crippen LogP contribution in [0.25, 0.3) is 22.5 Å². The molecule has 0 amide bonds. The second-order valence-electron chi connectivity index (χ2n) is 14.1. The van der Waals surface area contributed by atoms with Crippen LogP contribution >= 0.6 is 0 Å². The smallest absolute Gasteiger partial charge is 0.356 e. The highest BCUT2D eigenvalue weighted by Crippen LogP contribution is 2.45. The summed E-state index contributed by atoms with van der Waals surface area (Å²) in [5.41, 5.74) is 3.71. The van der Waals surface area contributed by atoms with Gasteiger partial charge in [0.2, 0.25) is 0 Å². The zero-order chi connectivity index (χ0) is 38.1. The Morgan fingerprint density at radius 2 is 1.26 bits per heavy atom. The van der Waals surface area contributed by atoms with Crippen molar-refractivity contribution in [3.05, 3.63) is 168 Å². The third kappa shape index (κ3) is 6.03. The van der Waals surface area contributed by atoms with E-state index in [0.29, 0.717) is 17.2 Å². The van der Waals surface area contributed by atoms with Crippen molar-refractivity contribution in [3.63, 3.8) is 0 Å². The molecule has 0 saturated carbocycles. The first-order chi connectivity index (χ1) is 26.1. The number of hydrogen-bond donors (Lipinski definition) is 2. The van der Waals surface area contributed by atoms with E-state index in [2.05, 4.69) is 53.0 Å². The maximum atomic E-state index is 13.4. The first kappa shape index (κ1) is 36.3. The van der Waals surface area contributed by atoms with Gasteiger partial charge in [0.1, 0.15) is 16.8 Å². The lowest BCUT2D eigenvalue weighted by Crippen LogP contribution is -2.59. The standard InChI is InChI=1S/C44H44N6O4/c1-30(53-5)43(4)45-39(42(2,3)52)38(41(51)54-6)49(43)35-28-26-31(27-29-35)36-24-16-17-25-37(36)40-46-47-48-50(40)44(32-18-10-7-11-19-32,33-20-12-8-13-21-33)34-22-14-9-15-23-34/h7-30,45,52H,1-6H3. The molecule has 2 unspecified atom stereocenters. The topological polar surface area (TPSA) is 115 Å². The highest BCUT2D eigenvalue weighted by molar-refractivity contribution is 5.96. The molecule has 5 aromatic carbocycles. The summed E-state index contributed by atoms with van der Waals surface area (Å²) < 4.78 is 13.0. The van der Waals surface area contributed by atoms with Crippen molar-refractivity contribution in [2.45, 2.75) is 50.6 Å². The van der Waals surface area contributed by atoms with Crippen LogP contribution < -0.4 is 10.2 Å². The largest absolute Gasteiger partial charge is 0.464 e. The van der Waals surface area contributed by atoms with E-state index in [0.717, 1.165) is 33.4 Å². The van der Waals surface area contributed by atoms with Crippen LogP contribution in [0.15, 0.2) is 151 Å². The first-order valence-electron chi connectivity index (χ1n) is 17.9. The number of hydrogen-bond acceptors (Lipinski definition) is 9. The maximum Gasteiger partial charge on any atom is 0.356 e. The van der Waals surface area contributed by atoms with Gasteiger partial charge in [0.05, 0.1) is 18.9 Å². The number of aliphatic hydroxyl groups is 1. The van der Waals surface area contributed by atoms with Crippen LogP contribution in [0.4, 0.5) is 5.69 Å². The Bertz CT molecular complexity index is 2170. The SMILES string of the molecule is COC(=O)C1=C(C(C)(C)O)NC(C)(C(C)OC)N1c1ccc(-c2ccccc2-c2nnnn2C(c2ccccc2)(c2ccccc2)c2ccccc2)cc1. The average Bonchev–Trinajstić information content (AvgIpc) is 3.83. The van der Waals surface area contributed by atoms with E-state index in [4.69, 9.17) is 19.8 Å². The lowest BCUT2D eigenvalue weighted by molar-refractivity contribution is -0.136. The highest BCUT2D eigenvalue weighted by Gasteiger charge is 2.52. The minimum Gasteiger partial charge on any atom is -0.464 e. The number of carbonyl (C=O) groups is 1. The molecule has 1 aromatic heterocycles. The third-order valence-corrected chi connectivity index (χ3v) is 10.4. The minimum absolute atomic E-state index is 0.211. The zero-order valence-corrected chi connectivity index (χ0v) is 31.3. The Morgan fingerprint density at radius 3 is 1.74 bits per heavy atom. The molecule has 2 N–H and O–H groups in total. The predicted octanol–water partition coefficient (Wildman–Crippen LogP) is 7.16. The van der Waals surface area contributed by atoms with Crippen LogP contribution in [0.1, 0.15) is 44.4 Å². The Morgan fingerprint density at radius 1 is 0.759 bits per heavy atom. The fourth-order valence-corrected chi connectivity index (χ4v) is 7.56. The number of benzene rings is 5. The summed E-state index contributed by atoms with van der Waals surface area (Å²) in [6.45, 7) is 7.12. The molecule has 0 saturated heterocycles. The number of anilines is 1. The molecule has 0 radical (unpaired) electrons. The molecule has 2 heterocycles. The van der Waals surface area contributed by atoms with Gasteiger partial charge in [-0.1, -0.05) is 127 Å². The van der Waals surface area contributed by atoms with E-state index in [-0.39, 0.29) is 5.70 Å². The molecule has 7 rings (SSSR count). The average molecular weight is 721 g/mol. The van der Waals surface area contributed by atoms with Gasteiger partial charge >= 0.3 is 5.97 Å². The van der Waals surface area contributed by atoms with E-state index in [1.54, 1.807) is 21.0 Å². The van der Waals surface area contributed by atoms with Gasteiger partial charge in [0.15, 0.2) is 11.5 Å². The normalized spacial score (nSPS) is 16.6. The van der Waals surface area contributed by atoms with Crippen LogP contribution in [-0.4, -0.2) is 62.9 Å². The summed E-state index contributed by atoms with van der Waals surface area (Å²) in [7, 11) is 2.95. The number of ether oxygens (including phenoxy) is 2. The Balaban J connectivity index is 1.39. The minimum atomic E-state index is -1.37. The molecule has 1 aliphatic heterocycles. The molecule has 274 valence electrons. The van der Waals surface area contributed by atoms with Gasteiger partial charge in [-0.3, -0.25) is 0 Å². The van der Waals surface area contributed by atoms with Crippen molar-refractivity contribution in [1.29, 1.82) is 0 Å². The van der Waals surface area contributed by atoms with Crippen LogP contribution in [0.5, 0.6) is 0 Å². The van der Waals surface area contributed by atoms with Crippen LogP contribution in [-0.2, 0) is 19.8 Å². The fourth-order valence-electron chi connectivity index (χ4n) is 7.56. The molecule has 0 aliphatic carbocycles. The van der Waals surface area contributed by atoms with Gasteiger partial charge < -0.3 is 24.8 Å². The Hall–Kier alpha value is -6.10. The van der Waals surface area contributed by atoms with Crippen LogP contribution in [0, 0.1) is 0 Å². The first-order valence-corrected chi connectivity index (χ1v) is 17.9. The van der Waals surface area contributed by atoms with Gasteiger partial charge in [0, 0.05) is 18.4 Å². The number of carbonyl (C=O) groups excluding carboxylic acids is 1. The molecular formula is C44H44N6O4. The molecule has 10 nitrogen and oxygen atoms in total. The van der Waals surface area contributed by atoms with Gasteiger partial charge in [-0.2, -0.15) is 0 Å². The van der Waals surface area contributed by atoms with E-state index < -0.39 is 28.9 Å². The van der Waals surface area contributed by atoms with Gasteiger partial charge in [0.25, 0.3) is 0 Å². The molecule has 0 fully saturated rings. The number of esters is 1. The Labute approximate surface area is 315 Å². The van der Waals surface area contributed by atoms with Gasteiger partial charge in [-0.15, -0.1) is 5.10 Å². The lowest BCUT2D eigenvalue weighted by Gasteiger charge is -2.42. The number of tetrazole rings is 1. The summed E-state index contributed by atoms with van der Waals surface area (Å²) in [5, 5.41) is 28.4. The van der Waals surface area contributed by atoms with E-state index in [9.17, 15) is 9.90 Å². The molecule has 2 atom stereocenters. The lowest BCUT2D eigenvalue weighted by atomic mass is 9.77. The maximum absolute atomic E-state index is 13.4. The molecular weight excluding hydrogens is 677 g/mol. The second kappa shape index (κ2) is 14.4. The molecule has 0 bridgehead atoms. The highest BCUT2D eigenvalue weighted by atomic mass is 16.5.